The van der Waals surface area contributed by atoms with Gasteiger partial charge in [-0.15, -0.1) is 0 Å². The molecule has 0 radical (unpaired) electrons. The minimum atomic E-state index is -0.284. The topological polar surface area (TPSA) is 75.8 Å². The van der Waals surface area contributed by atoms with Crippen LogP contribution < -0.4 is 0 Å². The first-order valence-corrected chi connectivity index (χ1v) is 12.2. The van der Waals surface area contributed by atoms with E-state index < -0.39 is 0 Å². The van der Waals surface area contributed by atoms with Gasteiger partial charge in [0.25, 0.3) is 0 Å². The Hall–Kier alpha value is -2.10. The molecule has 0 saturated carbocycles. The molecule has 6 nitrogen and oxygen atoms in total. The van der Waals surface area contributed by atoms with Crippen molar-refractivity contribution in [3.63, 3.8) is 0 Å². The van der Waals surface area contributed by atoms with Crippen LogP contribution in [0, 0.1) is 5.41 Å². The van der Waals surface area contributed by atoms with Crippen molar-refractivity contribution in [2.24, 2.45) is 20.4 Å². The van der Waals surface area contributed by atoms with Crippen molar-refractivity contribution in [3.8, 4) is 0 Å². The third kappa shape index (κ3) is 8.44. The first-order chi connectivity index (χ1) is 15.4. The molecule has 0 fully saturated rings. The molecule has 0 unspecified atom stereocenters. The molecule has 3 heterocycles. The van der Waals surface area contributed by atoms with Gasteiger partial charge in [-0.1, -0.05) is 25.1 Å². The summed E-state index contributed by atoms with van der Waals surface area (Å²) in [5.74, 6) is 0. The van der Waals surface area contributed by atoms with Gasteiger partial charge < -0.3 is 0 Å². The summed E-state index contributed by atoms with van der Waals surface area (Å²) >= 11 is 10.2. The molecule has 3 aromatic rings. The summed E-state index contributed by atoms with van der Waals surface area (Å²) in [5, 5.41) is 0. The maximum Gasteiger partial charge on any atom is 0.106 e. The van der Waals surface area contributed by atoms with Crippen LogP contribution in [-0.2, 0) is 0 Å². The fraction of sp³-hybridized carbons (Fsp3) is 0.217. The Kier molecular flexibility index (Phi) is 9.37. The molecule has 0 aromatic carbocycles. The van der Waals surface area contributed by atoms with E-state index in [1.54, 1.807) is 18.6 Å². The van der Waals surface area contributed by atoms with Gasteiger partial charge in [-0.3, -0.25) is 15.0 Å². The van der Waals surface area contributed by atoms with Crippen molar-refractivity contribution in [3.05, 3.63) is 85.5 Å². The van der Waals surface area contributed by atoms with Gasteiger partial charge in [0, 0.05) is 43.7 Å². The molecule has 0 aliphatic rings. The summed E-state index contributed by atoms with van der Waals surface area (Å²) in [6.07, 6.45) is 5.34. The number of hydrogen-bond acceptors (Lipinski definition) is 6. The van der Waals surface area contributed by atoms with E-state index in [0.717, 1.165) is 30.9 Å². The molecule has 0 amide bonds. The Morgan fingerprint density at radius 3 is 1.22 bits per heavy atom. The van der Waals surface area contributed by atoms with Crippen molar-refractivity contribution in [1.29, 1.82) is 0 Å². The molecular formula is C23H21Br3N6. The largest absolute Gasteiger partial charge is 0.290 e. The number of aliphatic imine (C=N–C) groups is 3. The summed E-state index contributed by atoms with van der Waals surface area (Å²) in [4.78, 5) is 27.1. The van der Waals surface area contributed by atoms with E-state index in [4.69, 9.17) is 0 Å². The first kappa shape index (κ1) is 24.5. The van der Waals surface area contributed by atoms with Gasteiger partial charge >= 0.3 is 0 Å². The lowest BCUT2D eigenvalue weighted by Gasteiger charge is -2.23. The lowest BCUT2D eigenvalue weighted by atomic mass is 9.91. The molecule has 0 spiro atoms. The predicted octanol–water partition coefficient (Wildman–Crippen LogP) is 5.82. The van der Waals surface area contributed by atoms with Crippen molar-refractivity contribution >= 4 is 66.4 Å². The van der Waals surface area contributed by atoms with Crippen LogP contribution in [0.15, 0.2) is 83.4 Å². The Morgan fingerprint density at radius 1 is 0.625 bits per heavy atom. The normalized spacial score (nSPS) is 13.9. The summed E-state index contributed by atoms with van der Waals surface area (Å²) < 4.78 is 2.34. The van der Waals surface area contributed by atoms with Crippen LogP contribution in [0.4, 0.5) is 0 Å². The average Bonchev–Trinajstić information content (AvgIpc) is 2.74. The van der Waals surface area contributed by atoms with Crippen LogP contribution in [0.2, 0.25) is 0 Å². The van der Waals surface area contributed by atoms with Crippen molar-refractivity contribution in [2.45, 2.75) is 6.92 Å². The third-order valence-electron chi connectivity index (χ3n) is 4.30. The number of halogens is 3. The summed E-state index contributed by atoms with van der Waals surface area (Å²) in [6.45, 7) is 3.77. The third-order valence-corrected chi connectivity index (χ3v) is 5.62. The van der Waals surface area contributed by atoms with E-state index in [-0.39, 0.29) is 5.41 Å². The monoisotopic (exact) mass is 618 g/mol. The smallest absolute Gasteiger partial charge is 0.106 e. The number of pyridine rings is 3. The van der Waals surface area contributed by atoms with Gasteiger partial charge in [0.15, 0.2) is 0 Å². The zero-order valence-electron chi connectivity index (χ0n) is 17.4. The van der Waals surface area contributed by atoms with E-state index in [1.807, 2.05) is 54.6 Å². The highest BCUT2D eigenvalue weighted by Gasteiger charge is 2.23. The van der Waals surface area contributed by atoms with Crippen molar-refractivity contribution < 1.29 is 0 Å². The second kappa shape index (κ2) is 12.2. The van der Waals surface area contributed by atoms with Crippen molar-refractivity contribution in [1.82, 2.24) is 15.0 Å². The highest BCUT2D eigenvalue weighted by Crippen LogP contribution is 2.19. The Balaban J connectivity index is 1.72. The SMILES string of the molecule is CC(CN=Cc1cccc(Br)n1)(CN=Cc1cccc(Br)n1)CN=Cc1cccc(Br)n1. The van der Waals surface area contributed by atoms with E-state index in [9.17, 15) is 0 Å². The standard InChI is InChI=1S/C23H21Br3N6/c1-23(14-27-11-17-5-2-8-20(24)30-17,15-28-12-18-6-3-9-21(25)31-18)16-29-13-19-7-4-10-22(26)32-19/h2-13H,14-16H2,1H3. The van der Waals surface area contributed by atoms with Gasteiger partial charge in [-0.05, 0) is 84.2 Å². The first-order valence-electron chi connectivity index (χ1n) is 9.79. The van der Waals surface area contributed by atoms with Gasteiger partial charge in [0.1, 0.15) is 13.8 Å². The molecule has 0 aliphatic heterocycles. The molecule has 0 saturated heterocycles. The van der Waals surface area contributed by atoms with Crippen molar-refractivity contribution in [2.75, 3.05) is 19.6 Å². The molecule has 32 heavy (non-hydrogen) atoms. The molecular weight excluding hydrogens is 600 g/mol. The molecule has 0 aliphatic carbocycles. The summed E-state index contributed by atoms with van der Waals surface area (Å²) in [6, 6.07) is 17.2. The van der Waals surface area contributed by atoms with Crippen LogP contribution in [-0.4, -0.2) is 53.2 Å². The van der Waals surface area contributed by atoms with Crippen LogP contribution in [0.3, 0.4) is 0 Å². The lowest BCUT2D eigenvalue weighted by Crippen LogP contribution is -2.28. The van der Waals surface area contributed by atoms with Gasteiger partial charge in [-0.25, -0.2) is 15.0 Å². The molecule has 0 atom stereocenters. The van der Waals surface area contributed by atoms with E-state index >= 15 is 0 Å². The fourth-order valence-corrected chi connectivity index (χ4v) is 3.79. The number of hydrogen-bond donors (Lipinski definition) is 0. The zero-order chi connectivity index (χ0) is 22.8. The van der Waals surface area contributed by atoms with Crippen LogP contribution in [0.25, 0.3) is 0 Å². The van der Waals surface area contributed by atoms with Crippen LogP contribution in [0.5, 0.6) is 0 Å². The second-order valence-electron chi connectivity index (χ2n) is 7.38. The zero-order valence-corrected chi connectivity index (χ0v) is 22.1. The molecule has 164 valence electrons. The Morgan fingerprint density at radius 2 is 0.938 bits per heavy atom. The van der Waals surface area contributed by atoms with E-state index in [0.29, 0.717) is 19.6 Å². The number of rotatable bonds is 9. The molecule has 3 rings (SSSR count). The fourth-order valence-electron chi connectivity index (χ4n) is 2.72. The molecule has 3 aromatic heterocycles. The van der Waals surface area contributed by atoms with Gasteiger partial charge in [0.2, 0.25) is 0 Å². The molecule has 0 N–H and O–H groups in total. The van der Waals surface area contributed by atoms with E-state index in [1.165, 1.54) is 0 Å². The summed E-state index contributed by atoms with van der Waals surface area (Å²) in [7, 11) is 0. The van der Waals surface area contributed by atoms with E-state index in [2.05, 4.69) is 84.6 Å². The second-order valence-corrected chi connectivity index (χ2v) is 9.81. The highest BCUT2D eigenvalue weighted by atomic mass is 79.9. The lowest BCUT2D eigenvalue weighted by molar-refractivity contribution is 0.366. The Labute approximate surface area is 212 Å². The maximum atomic E-state index is 4.63. The highest BCUT2D eigenvalue weighted by molar-refractivity contribution is 9.11. The van der Waals surface area contributed by atoms with Crippen LogP contribution >= 0.6 is 47.8 Å². The predicted molar refractivity (Wildman–Crippen MR) is 141 cm³/mol. The minimum Gasteiger partial charge on any atom is -0.290 e. The van der Waals surface area contributed by atoms with Gasteiger partial charge in [0.05, 0.1) is 17.1 Å². The van der Waals surface area contributed by atoms with Gasteiger partial charge in [-0.2, -0.15) is 0 Å². The minimum absolute atomic E-state index is 0.284. The molecule has 9 heteroatoms. The number of nitrogens with zero attached hydrogens (tertiary/aromatic N) is 6. The number of aromatic nitrogens is 3. The quantitative estimate of drug-likeness (QED) is 0.223. The van der Waals surface area contributed by atoms with Crippen LogP contribution in [0.1, 0.15) is 24.0 Å². The molecule has 0 bridgehead atoms. The summed E-state index contributed by atoms with van der Waals surface area (Å²) in [5.41, 5.74) is 2.11. The average molecular weight is 621 g/mol. The maximum absolute atomic E-state index is 4.63. The Bertz CT molecular complexity index is 991.